The van der Waals surface area contributed by atoms with E-state index in [1.54, 1.807) is 0 Å². The highest BCUT2D eigenvalue weighted by atomic mass is 16.6. The Balaban J connectivity index is 4.56. The molecule has 0 saturated carbocycles. The van der Waals surface area contributed by atoms with Gasteiger partial charge in [0.25, 0.3) is 0 Å². The summed E-state index contributed by atoms with van der Waals surface area (Å²) in [7, 11) is 0. The van der Waals surface area contributed by atoms with Crippen LogP contribution in [-0.4, -0.2) is 37.2 Å². The molecule has 0 saturated heterocycles. The Morgan fingerprint density at radius 2 is 0.692 bits per heavy atom. The summed E-state index contributed by atoms with van der Waals surface area (Å²) in [4.78, 5) is 38.0. The van der Waals surface area contributed by atoms with Crippen molar-refractivity contribution < 1.29 is 28.6 Å². The number of unbranched alkanes of at least 4 members (excludes halogenated alkanes) is 17. The minimum atomic E-state index is -0.827. The largest absolute Gasteiger partial charge is 0.462 e. The van der Waals surface area contributed by atoms with E-state index in [-0.39, 0.29) is 44.0 Å². The molecule has 0 fully saturated rings. The third-order valence-electron chi connectivity index (χ3n) is 10.3. The van der Waals surface area contributed by atoms with Crippen LogP contribution in [0, 0.1) is 0 Å². The van der Waals surface area contributed by atoms with Crippen LogP contribution in [0.4, 0.5) is 0 Å². The van der Waals surface area contributed by atoms with E-state index in [1.165, 1.54) is 44.9 Å². The van der Waals surface area contributed by atoms with Gasteiger partial charge in [0.2, 0.25) is 0 Å². The van der Waals surface area contributed by atoms with Crippen LogP contribution in [0.1, 0.15) is 201 Å². The summed E-state index contributed by atoms with van der Waals surface area (Å²) in [6.07, 6.45) is 73.0. The minimum absolute atomic E-state index is 0.122. The summed E-state index contributed by atoms with van der Waals surface area (Å²) >= 11 is 0. The maximum absolute atomic E-state index is 12.8. The maximum Gasteiger partial charge on any atom is 0.306 e. The van der Waals surface area contributed by atoms with Crippen LogP contribution in [0.2, 0.25) is 0 Å². The second-order valence-electron chi connectivity index (χ2n) is 16.5. The normalized spacial score (nSPS) is 13.2. The molecular formula is C59H92O6. The fraction of sp³-hybridized carbons (Fsp3) is 0.576. The molecular weight excluding hydrogens is 805 g/mol. The fourth-order valence-electron chi connectivity index (χ4n) is 6.49. The molecule has 6 nitrogen and oxygen atoms in total. The summed E-state index contributed by atoms with van der Waals surface area (Å²) in [5.74, 6) is -1.04. The van der Waals surface area contributed by atoms with Crippen molar-refractivity contribution in [2.75, 3.05) is 13.2 Å². The summed E-state index contributed by atoms with van der Waals surface area (Å²) in [5.41, 5.74) is 0. The van der Waals surface area contributed by atoms with Gasteiger partial charge in [-0.2, -0.15) is 0 Å². The van der Waals surface area contributed by atoms with Gasteiger partial charge in [-0.15, -0.1) is 0 Å². The van der Waals surface area contributed by atoms with Crippen molar-refractivity contribution in [3.05, 3.63) is 134 Å². The van der Waals surface area contributed by atoms with E-state index in [1.807, 2.05) is 54.7 Å². The van der Waals surface area contributed by atoms with Crippen molar-refractivity contribution in [1.82, 2.24) is 0 Å². The first-order valence-electron chi connectivity index (χ1n) is 25.8. The number of hydrogen-bond acceptors (Lipinski definition) is 6. The van der Waals surface area contributed by atoms with Gasteiger partial charge in [-0.05, 0) is 89.9 Å². The number of carbonyl (C=O) groups is 3. The van der Waals surface area contributed by atoms with Gasteiger partial charge in [-0.25, -0.2) is 0 Å². The van der Waals surface area contributed by atoms with E-state index in [0.29, 0.717) is 12.8 Å². The lowest BCUT2D eigenvalue weighted by atomic mass is 10.1. The first kappa shape index (κ1) is 60.5. The average Bonchev–Trinajstić information content (AvgIpc) is 3.30. The lowest BCUT2D eigenvalue weighted by molar-refractivity contribution is -0.167. The molecule has 0 aliphatic heterocycles. The smallest absolute Gasteiger partial charge is 0.306 e. The quantitative estimate of drug-likeness (QED) is 0.0199. The van der Waals surface area contributed by atoms with Crippen LogP contribution in [-0.2, 0) is 28.6 Å². The monoisotopic (exact) mass is 897 g/mol. The van der Waals surface area contributed by atoms with Gasteiger partial charge in [0.15, 0.2) is 6.10 Å². The lowest BCUT2D eigenvalue weighted by Gasteiger charge is -2.18. The molecule has 0 aromatic carbocycles. The molecule has 0 aromatic heterocycles. The van der Waals surface area contributed by atoms with Crippen LogP contribution in [0.15, 0.2) is 134 Å². The predicted molar refractivity (Wildman–Crippen MR) is 279 cm³/mol. The van der Waals surface area contributed by atoms with Gasteiger partial charge >= 0.3 is 17.9 Å². The molecule has 364 valence electrons. The van der Waals surface area contributed by atoms with Crippen LogP contribution < -0.4 is 0 Å². The zero-order chi connectivity index (χ0) is 47.2. The average molecular weight is 897 g/mol. The zero-order valence-electron chi connectivity index (χ0n) is 41.4. The summed E-state index contributed by atoms with van der Waals surface area (Å²) in [6.45, 7) is 6.25. The Morgan fingerprint density at radius 1 is 0.338 bits per heavy atom. The Kier molecular flexibility index (Phi) is 48.6. The van der Waals surface area contributed by atoms with Crippen molar-refractivity contribution in [3.8, 4) is 0 Å². The van der Waals surface area contributed by atoms with Crippen molar-refractivity contribution in [1.29, 1.82) is 0 Å². The third kappa shape index (κ3) is 50.4. The van der Waals surface area contributed by atoms with Crippen LogP contribution in [0.25, 0.3) is 0 Å². The topological polar surface area (TPSA) is 78.9 Å². The van der Waals surface area contributed by atoms with Gasteiger partial charge in [-0.3, -0.25) is 14.4 Å². The Labute approximate surface area is 398 Å². The van der Waals surface area contributed by atoms with Gasteiger partial charge < -0.3 is 14.2 Å². The Hall–Kier alpha value is -4.45. The van der Waals surface area contributed by atoms with Crippen molar-refractivity contribution in [3.63, 3.8) is 0 Å². The molecule has 0 aromatic rings. The van der Waals surface area contributed by atoms with E-state index in [2.05, 4.69) is 99.8 Å². The molecule has 0 spiro atoms. The van der Waals surface area contributed by atoms with Gasteiger partial charge in [0, 0.05) is 19.3 Å². The molecule has 0 rings (SSSR count). The third-order valence-corrected chi connectivity index (χ3v) is 10.3. The second kappa shape index (κ2) is 52.2. The number of hydrogen-bond donors (Lipinski definition) is 0. The van der Waals surface area contributed by atoms with E-state index >= 15 is 0 Å². The first-order chi connectivity index (χ1) is 32.0. The number of rotatable bonds is 44. The zero-order valence-corrected chi connectivity index (χ0v) is 41.4. The molecule has 0 aliphatic carbocycles. The molecule has 6 heteroatoms. The second-order valence-corrected chi connectivity index (χ2v) is 16.5. The first-order valence-corrected chi connectivity index (χ1v) is 25.8. The highest BCUT2D eigenvalue weighted by Crippen LogP contribution is 2.13. The number of carbonyl (C=O) groups excluding carboxylic acids is 3. The predicted octanol–water partition coefficient (Wildman–Crippen LogP) is 17.1. The molecule has 0 radical (unpaired) electrons. The fourth-order valence-corrected chi connectivity index (χ4v) is 6.49. The summed E-state index contributed by atoms with van der Waals surface area (Å²) < 4.78 is 16.7. The van der Waals surface area contributed by atoms with Crippen molar-refractivity contribution in [2.45, 2.75) is 207 Å². The maximum atomic E-state index is 12.8. The molecule has 0 bridgehead atoms. The Bertz CT molecular complexity index is 1450. The molecule has 65 heavy (non-hydrogen) atoms. The lowest BCUT2D eigenvalue weighted by Crippen LogP contribution is -2.30. The van der Waals surface area contributed by atoms with Gasteiger partial charge in [0.05, 0.1) is 0 Å². The molecule has 0 heterocycles. The number of esters is 3. The van der Waals surface area contributed by atoms with E-state index in [0.717, 1.165) is 109 Å². The SMILES string of the molecule is CC\C=C/C=C\C=C/C=C\C=C/CCCC(=O)OCC(COC(=O)CCCCCCC\C=C/C=C\C=C/CCCCCCC)OC(=O)CCCCCCCC/C=C\C/C=C\C/C=C\CC. The number of ether oxygens (including phenoxy) is 3. The summed E-state index contributed by atoms with van der Waals surface area (Å²) in [6, 6.07) is 0. The highest BCUT2D eigenvalue weighted by molar-refractivity contribution is 5.71. The molecule has 0 aliphatic rings. The standard InChI is InChI=1S/C59H92O6/c1-4-7-10-13-16-19-22-25-27-29-30-32-34-37-40-43-46-49-52-58(61)64-55-56(54-63-57(60)51-48-45-42-39-36-33-24-21-18-15-12-9-6-3)65-59(62)53-50-47-44-41-38-35-31-28-26-23-20-17-14-11-8-5-2/h8-9,11-12,15,17-18,20-22,24-30,32-33,36,39,42,56H,4-7,10,13-14,16,19,23,31,34-35,37-38,40-41,43-55H2,1-3H3/b11-8-,12-9-,18-15-,20-17-,24-21-,25-22-,28-26-,29-27-,32-30-,36-33-,42-39-. The van der Waals surface area contributed by atoms with Crippen LogP contribution >= 0.6 is 0 Å². The molecule has 1 atom stereocenters. The van der Waals surface area contributed by atoms with Gasteiger partial charge in [-0.1, -0.05) is 225 Å². The van der Waals surface area contributed by atoms with Crippen LogP contribution in [0.3, 0.4) is 0 Å². The van der Waals surface area contributed by atoms with Crippen molar-refractivity contribution >= 4 is 17.9 Å². The Morgan fingerprint density at radius 3 is 1.18 bits per heavy atom. The van der Waals surface area contributed by atoms with E-state index in [4.69, 9.17) is 14.2 Å². The van der Waals surface area contributed by atoms with Crippen LogP contribution in [0.5, 0.6) is 0 Å². The van der Waals surface area contributed by atoms with E-state index in [9.17, 15) is 14.4 Å². The van der Waals surface area contributed by atoms with Gasteiger partial charge in [0.1, 0.15) is 13.2 Å². The highest BCUT2D eigenvalue weighted by Gasteiger charge is 2.19. The van der Waals surface area contributed by atoms with Crippen molar-refractivity contribution in [2.24, 2.45) is 0 Å². The molecule has 0 N–H and O–H groups in total. The molecule has 0 amide bonds. The minimum Gasteiger partial charge on any atom is -0.462 e. The summed E-state index contributed by atoms with van der Waals surface area (Å²) in [5, 5.41) is 0. The van der Waals surface area contributed by atoms with E-state index < -0.39 is 6.10 Å². The molecule has 1 unspecified atom stereocenters. The number of allylic oxidation sites excluding steroid dienone is 22.